The number of hydrogen-bond donors (Lipinski definition) is 4. The fraction of sp³-hybridized carbons (Fsp3) is 0.0625. The molecule has 0 fully saturated rings. The fourth-order valence-electron chi connectivity index (χ4n) is 1.66. The Morgan fingerprint density at radius 3 is 2.33 bits per heavy atom. The van der Waals surface area contributed by atoms with Crippen molar-refractivity contribution < 1.29 is 9.53 Å². The second-order valence-electron chi connectivity index (χ2n) is 4.54. The lowest BCUT2D eigenvalue weighted by Gasteiger charge is -2.05. The van der Waals surface area contributed by atoms with Crippen molar-refractivity contribution in [1.82, 2.24) is 0 Å². The van der Waals surface area contributed by atoms with E-state index in [9.17, 15) is 4.79 Å². The number of ketones is 1. The highest BCUT2D eigenvalue weighted by atomic mass is 35.5. The summed E-state index contributed by atoms with van der Waals surface area (Å²) in [5.41, 5.74) is 12.0. The van der Waals surface area contributed by atoms with Crippen LogP contribution in [0.1, 0.15) is 22.8 Å². The molecule has 7 N–H and O–H groups in total. The molecule has 24 heavy (non-hydrogen) atoms. The Labute approximate surface area is 144 Å². The zero-order valence-electron chi connectivity index (χ0n) is 13.0. The highest BCUT2D eigenvalue weighted by Crippen LogP contribution is 2.20. The summed E-state index contributed by atoms with van der Waals surface area (Å²) in [7, 11) is 0. The molecule has 0 aliphatic carbocycles. The van der Waals surface area contributed by atoms with Crippen molar-refractivity contribution in [3.8, 4) is 0 Å². The van der Waals surface area contributed by atoms with Crippen molar-refractivity contribution in [3.63, 3.8) is 0 Å². The maximum absolute atomic E-state index is 12.1. The maximum atomic E-state index is 12.1. The second-order valence-corrected chi connectivity index (χ2v) is 4.98. The molecular formula is C16H18ClN5O2. The molecule has 0 aliphatic rings. The fourth-order valence-corrected chi connectivity index (χ4v) is 1.83. The maximum Gasteiger partial charge on any atom is 0.285 e. The topological polar surface area (TPSA) is 141 Å². The smallest absolute Gasteiger partial charge is 0.285 e. The predicted octanol–water partition coefficient (Wildman–Crippen LogP) is 2.34. The van der Waals surface area contributed by atoms with E-state index in [1.165, 1.54) is 6.92 Å². The number of nitrogen functional groups attached to an aromatic ring is 1. The third-order valence-corrected chi connectivity index (χ3v) is 2.97. The molecule has 2 aromatic rings. The van der Waals surface area contributed by atoms with E-state index in [1.807, 2.05) is 18.2 Å². The number of amidine groups is 1. The van der Waals surface area contributed by atoms with Gasteiger partial charge in [-0.15, -0.1) is 5.10 Å². The van der Waals surface area contributed by atoms with Gasteiger partial charge in [-0.1, -0.05) is 41.9 Å². The summed E-state index contributed by atoms with van der Waals surface area (Å²) in [6.45, 7) is 1.50. The van der Waals surface area contributed by atoms with E-state index in [1.54, 1.807) is 30.3 Å². The standard InChI is InChI=1S/C13H10ClNO.C3H8N4O/c14-10-6-7-12(15)11(8-10)13(16)9-4-2-1-3-5-9;1-2(7-6)8-3(4)5/h1-8H,15H2;6H2,1H3,(H3,4,5)/b;7-2+. The lowest BCUT2D eigenvalue weighted by molar-refractivity contribution is 0.103. The summed E-state index contributed by atoms with van der Waals surface area (Å²) >= 11 is 5.84. The van der Waals surface area contributed by atoms with Gasteiger partial charge < -0.3 is 22.0 Å². The molecule has 0 radical (unpaired) electrons. The van der Waals surface area contributed by atoms with Crippen LogP contribution in [0.25, 0.3) is 0 Å². The van der Waals surface area contributed by atoms with Gasteiger partial charge in [-0.3, -0.25) is 10.2 Å². The first-order chi connectivity index (χ1) is 11.3. The molecule has 0 spiro atoms. The number of carbonyl (C=O) groups excluding carboxylic acids is 1. The lowest BCUT2D eigenvalue weighted by atomic mass is 10.0. The van der Waals surface area contributed by atoms with Crippen LogP contribution in [-0.4, -0.2) is 17.7 Å². The monoisotopic (exact) mass is 347 g/mol. The highest BCUT2D eigenvalue weighted by molar-refractivity contribution is 6.31. The van der Waals surface area contributed by atoms with E-state index >= 15 is 0 Å². The normalized spacial score (nSPS) is 10.3. The molecule has 0 atom stereocenters. The first-order valence-corrected chi connectivity index (χ1v) is 7.14. The van der Waals surface area contributed by atoms with E-state index in [0.717, 1.165) is 0 Å². The van der Waals surface area contributed by atoms with Crippen LogP contribution in [0.4, 0.5) is 5.69 Å². The number of hydrogen-bond acceptors (Lipinski definition) is 6. The third kappa shape index (κ3) is 5.98. The molecule has 0 aliphatic heterocycles. The van der Waals surface area contributed by atoms with Gasteiger partial charge in [-0.05, 0) is 18.2 Å². The summed E-state index contributed by atoms with van der Waals surface area (Å²) < 4.78 is 4.39. The quantitative estimate of drug-likeness (QED) is 0.165. The number of hydrazone groups is 1. The summed E-state index contributed by atoms with van der Waals surface area (Å²) in [6, 6.07) is 13.5. The van der Waals surface area contributed by atoms with E-state index in [0.29, 0.717) is 21.8 Å². The largest absolute Gasteiger partial charge is 0.410 e. The zero-order valence-corrected chi connectivity index (χ0v) is 13.7. The number of ether oxygens (including phenoxy) is 1. The van der Waals surface area contributed by atoms with Gasteiger partial charge in [0.1, 0.15) is 0 Å². The van der Waals surface area contributed by atoms with Crippen molar-refractivity contribution in [2.45, 2.75) is 6.92 Å². The zero-order chi connectivity index (χ0) is 18.1. The summed E-state index contributed by atoms with van der Waals surface area (Å²) in [5, 5.41) is 10.2. The van der Waals surface area contributed by atoms with E-state index in [-0.39, 0.29) is 11.7 Å². The second kappa shape index (κ2) is 9.16. The van der Waals surface area contributed by atoms with Crippen molar-refractivity contribution in [2.75, 3.05) is 5.73 Å². The highest BCUT2D eigenvalue weighted by Gasteiger charge is 2.12. The van der Waals surface area contributed by atoms with Crippen LogP contribution in [0.5, 0.6) is 0 Å². The van der Waals surface area contributed by atoms with Crippen molar-refractivity contribution in [3.05, 3.63) is 64.7 Å². The van der Waals surface area contributed by atoms with E-state index in [4.69, 9.17) is 34.3 Å². The Hall–Kier alpha value is -3.06. The van der Waals surface area contributed by atoms with Crippen molar-refractivity contribution in [2.24, 2.45) is 16.7 Å². The van der Waals surface area contributed by atoms with Gasteiger partial charge in [-0.2, -0.15) is 0 Å². The molecule has 0 unspecified atom stereocenters. The molecule has 126 valence electrons. The van der Waals surface area contributed by atoms with Crippen LogP contribution >= 0.6 is 11.6 Å². The molecule has 2 rings (SSSR count). The van der Waals surface area contributed by atoms with Crippen molar-refractivity contribution in [1.29, 1.82) is 5.41 Å². The van der Waals surface area contributed by atoms with Gasteiger partial charge in [-0.25, -0.2) is 0 Å². The minimum absolute atomic E-state index is 0.111. The van der Waals surface area contributed by atoms with E-state index < -0.39 is 6.02 Å². The number of benzene rings is 2. The molecule has 2 aromatic carbocycles. The van der Waals surface area contributed by atoms with Gasteiger partial charge in [0.2, 0.25) is 5.90 Å². The molecule has 0 heterocycles. The SMILES string of the molecule is C/C(=N\N)OC(=N)N.Nc1ccc(Cl)cc1C(=O)c1ccccc1. The number of carbonyl (C=O) groups is 1. The van der Waals surface area contributed by atoms with Crippen LogP contribution in [-0.2, 0) is 4.74 Å². The van der Waals surface area contributed by atoms with Gasteiger partial charge in [0.05, 0.1) is 0 Å². The number of anilines is 1. The average Bonchev–Trinajstić information content (AvgIpc) is 2.57. The van der Waals surface area contributed by atoms with Gasteiger partial charge in [0.15, 0.2) is 5.78 Å². The first kappa shape index (κ1) is 19.0. The lowest BCUT2D eigenvalue weighted by Crippen LogP contribution is -2.18. The first-order valence-electron chi connectivity index (χ1n) is 6.76. The third-order valence-electron chi connectivity index (χ3n) is 2.74. The van der Waals surface area contributed by atoms with Gasteiger partial charge in [0, 0.05) is 28.8 Å². The number of halogens is 1. The molecule has 0 saturated heterocycles. The molecule has 0 aromatic heterocycles. The molecule has 8 heteroatoms. The summed E-state index contributed by atoms with van der Waals surface area (Å²) in [4.78, 5) is 12.1. The molecule has 0 amide bonds. The Bertz CT molecular complexity index is 747. The minimum atomic E-state index is -0.406. The van der Waals surface area contributed by atoms with E-state index in [2.05, 4.69) is 9.84 Å². The molecule has 0 saturated carbocycles. The molecular weight excluding hydrogens is 330 g/mol. The van der Waals surface area contributed by atoms with Gasteiger partial charge in [0.25, 0.3) is 6.02 Å². The Morgan fingerprint density at radius 1 is 1.21 bits per heavy atom. The Kier molecular flexibility index (Phi) is 7.25. The van der Waals surface area contributed by atoms with Crippen molar-refractivity contribution >= 4 is 35.0 Å². The van der Waals surface area contributed by atoms with Crippen LogP contribution in [0, 0.1) is 5.41 Å². The number of nitrogens with one attached hydrogen (secondary N) is 1. The summed E-state index contributed by atoms with van der Waals surface area (Å²) in [5.74, 6) is 4.80. The Morgan fingerprint density at radius 2 is 1.83 bits per heavy atom. The average molecular weight is 348 g/mol. The predicted molar refractivity (Wildman–Crippen MR) is 96.0 cm³/mol. The Balaban J connectivity index is 0.000000307. The number of nitrogens with two attached hydrogens (primary N) is 3. The summed E-state index contributed by atoms with van der Waals surface area (Å²) in [6.07, 6.45) is 0. The number of rotatable bonds is 2. The molecule has 7 nitrogen and oxygen atoms in total. The molecule has 0 bridgehead atoms. The van der Waals surface area contributed by atoms with Crippen LogP contribution in [0.15, 0.2) is 53.6 Å². The minimum Gasteiger partial charge on any atom is -0.410 e. The van der Waals surface area contributed by atoms with Crippen LogP contribution in [0.2, 0.25) is 5.02 Å². The van der Waals surface area contributed by atoms with Gasteiger partial charge >= 0.3 is 0 Å². The number of nitrogens with zero attached hydrogens (tertiary/aromatic N) is 1. The van der Waals surface area contributed by atoms with Crippen LogP contribution < -0.4 is 17.3 Å². The van der Waals surface area contributed by atoms with Crippen LogP contribution in [0.3, 0.4) is 0 Å².